The smallest absolute Gasteiger partial charge is 0.145 e. The van der Waals surface area contributed by atoms with Gasteiger partial charge in [0.1, 0.15) is 16.8 Å². The summed E-state index contributed by atoms with van der Waals surface area (Å²) < 4.78 is 7.27. The molecule has 4 heteroatoms. The maximum Gasteiger partial charge on any atom is 0.145 e. The van der Waals surface area contributed by atoms with Crippen molar-refractivity contribution < 1.29 is 4.74 Å². The number of aromatic nitrogens is 2. The van der Waals surface area contributed by atoms with Crippen molar-refractivity contribution in [1.82, 2.24) is 9.38 Å². The predicted molar refractivity (Wildman–Crippen MR) is 64.3 cm³/mol. The van der Waals surface area contributed by atoms with Crippen molar-refractivity contribution in [2.75, 3.05) is 7.11 Å². The van der Waals surface area contributed by atoms with Gasteiger partial charge in [0.15, 0.2) is 0 Å². The summed E-state index contributed by atoms with van der Waals surface area (Å²) in [6, 6.07) is 7.65. The Hall–Kier alpha value is -1.74. The summed E-state index contributed by atoms with van der Waals surface area (Å²) in [6.07, 6.45) is 3.72. The van der Waals surface area contributed by atoms with E-state index < -0.39 is 0 Å². The molecule has 0 aliphatic carbocycles. The third-order valence-electron chi connectivity index (χ3n) is 2.65. The lowest BCUT2D eigenvalue weighted by Gasteiger charge is -2.04. The average molecular weight is 233 g/mol. The van der Waals surface area contributed by atoms with E-state index in [1.807, 2.05) is 34.9 Å². The Morgan fingerprint density at radius 1 is 1.25 bits per heavy atom. The molecule has 0 radical (unpaired) electrons. The van der Waals surface area contributed by atoms with Crippen molar-refractivity contribution in [2.24, 2.45) is 0 Å². The Balaban J connectivity index is 2.51. The lowest BCUT2D eigenvalue weighted by atomic mass is 10.3. The van der Waals surface area contributed by atoms with Crippen molar-refractivity contribution in [2.45, 2.75) is 0 Å². The Kier molecular flexibility index (Phi) is 2.01. The first-order valence-corrected chi connectivity index (χ1v) is 5.27. The van der Waals surface area contributed by atoms with Crippen LogP contribution in [0.1, 0.15) is 0 Å². The van der Waals surface area contributed by atoms with Crippen LogP contribution in [-0.2, 0) is 0 Å². The number of halogens is 1. The molecule has 0 amide bonds. The molecule has 0 unspecified atom stereocenters. The lowest BCUT2D eigenvalue weighted by molar-refractivity contribution is 0.420. The molecule has 0 spiro atoms. The van der Waals surface area contributed by atoms with E-state index in [2.05, 4.69) is 4.98 Å². The second kappa shape index (κ2) is 3.39. The molecular formula is C12H9ClN2O. The lowest BCUT2D eigenvalue weighted by Crippen LogP contribution is -1.90. The van der Waals surface area contributed by atoms with Gasteiger partial charge in [0, 0.05) is 6.20 Å². The molecule has 0 N–H and O–H groups in total. The van der Waals surface area contributed by atoms with E-state index in [0.29, 0.717) is 5.02 Å². The molecule has 2 heterocycles. The SMILES string of the molecule is COc1ccn2c1cnc1c(Cl)cccc12. The van der Waals surface area contributed by atoms with Gasteiger partial charge in [-0.15, -0.1) is 0 Å². The highest BCUT2D eigenvalue weighted by molar-refractivity contribution is 6.34. The minimum Gasteiger partial charge on any atom is -0.494 e. The first kappa shape index (κ1) is 9.48. The zero-order valence-electron chi connectivity index (χ0n) is 8.64. The van der Waals surface area contributed by atoms with Crippen LogP contribution in [0.3, 0.4) is 0 Å². The highest BCUT2D eigenvalue weighted by Crippen LogP contribution is 2.27. The molecule has 1 aromatic carbocycles. The third-order valence-corrected chi connectivity index (χ3v) is 2.95. The van der Waals surface area contributed by atoms with Gasteiger partial charge in [-0.05, 0) is 18.2 Å². The molecule has 3 rings (SSSR count). The second-order valence-electron chi connectivity index (χ2n) is 3.51. The number of fused-ring (bicyclic) bond motifs is 3. The highest BCUT2D eigenvalue weighted by atomic mass is 35.5. The summed E-state index contributed by atoms with van der Waals surface area (Å²) in [5.41, 5.74) is 2.72. The molecular weight excluding hydrogens is 224 g/mol. The maximum absolute atomic E-state index is 6.09. The van der Waals surface area contributed by atoms with Gasteiger partial charge in [-0.3, -0.25) is 4.98 Å². The largest absolute Gasteiger partial charge is 0.494 e. The van der Waals surface area contributed by atoms with E-state index in [9.17, 15) is 0 Å². The molecule has 0 saturated heterocycles. The maximum atomic E-state index is 6.09. The molecule has 0 atom stereocenters. The zero-order chi connectivity index (χ0) is 11.1. The van der Waals surface area contributed by atoms with Crippen LogP contribution < -0.4 is 4.74 Å². The van der Waals surface area contributed by atoms with Gasteiger partial charge in [-0.2, -0.15) is 0 Å². The molecule has 3 aromatic rings. The minimum absolute atomic E-state index is 0.659. The number of ether oxygens (including phenoxy) is 1. The molecule has 3 nitrogen and oxygen atoms in total. The van der Waals surface area contributed by atoms with Crippen LogP contribution in [0.15, 0.2) is 36.7 Å². The van der Waals surface area contributed by atoms with Crippen molar-refractivity contribution >= 4 is 28.2 Å². The van der Waals surface area contributed by atoms with Gasteiger partial charge in [0.2, 0.25) is 0 Å². The average Bonchev–Trinajstić information content (AvgIpc) is 2.72. The van der Waals surface area contributed by atoms with Crippen molar-refractivity contribution in [3.63, 3.8) is 0 Å². The van der Waals surface area contributed by atoms with Gasteiger partial charge < -0.3 is 9.14 Å². The normalized spacial score (nSPS) is 11.1. The zero-order valence-corrected chi connectivity index (χ0v) is 9.40. The van der Waals surface area contributed by atoms with Gasteiger partial charge in [-0.1, -0.05) is 17.7 Å². The Bertz CT molecular complexity index is 675. The highest BCUT2D eigenvalue weighted by Gasteiger charge is 2.07. The van der Waals surface area contributed by atoms with Crippen molar-refractivity contribution in [1.29, 1.82) is 0 Å². The van der Waals surface area contributed by atoms with Gasteiger partial charge in [0.25, 0.3) is 0 Å². The molecule has 0 bridgehead atoms. The molecule has 0 aliphatic heterocycles. The van der Waals surface area contributed by atoms with E-state index in [0.717, 1.165) is 22.3 Å². The van der Waals surface area contributed by atoms with Gasteiger partial charge >= 0.3 is 0 Å². The van der Waals surface area contributed by atoms with Crippen molar-refractivity contribution in [3.05, 3.63) is 41.7 Å². The molecule has 0 fully saturated rings. The van der Waals surface area contributed by atoms with E-state index in [-0.39, 0.29) is 0 Å². The van der Waals surface area contributed by atoms with Crippen LogP contribution in [-0.4, -0.2) is 16.5 Å². The Morgan fingerprint density at radius 2 is 2.12 bits per heavy atom. The molecule has 2 aromatic heterocycles. The predicted octanol–water partition coefficient (Wildman–Crippen LogP) is 3.15. The number of methoxy groups -OCH3 is 1. The molecule has 80 valence electrons. The summed E-state index contributed by atoms with van der Waals surface area (Å²) in [7, 11) is 1.65. The standard InChI is InChI=1S/C12H9ClN2O/c1-16-11-5-6-15-9-4-2-3-8(13)12(9)14-7-10(11)15/h2-7H,1H3. The Morgan fingerprint density at radius 3 is 2.94 bits per heavy atom. The van der Waals surface area contributed by atoms with Crippen LogP contribution in [0, 0.1) is 0 Å². The quantitative estimate of drug-likeness (QED) is 0.644. The molecule has 0 saturated carbocycles. The summed E-state index contributed by atoms with van der Waals surface area (Å²) in [5.74, 6) is 0.814. The van der Waals surface area contributed by atoms with Crippen LogP contribution in [0.25, 0.3) is 16.6 Å². The van der Waals surface area contributed by atoms with Crippen LogP contribution in [0.2, 0.25) is 5.02 Å². The van der Waals surface area contributed by atoms with Crippen molar-refractivity contribution in [3.8, 4) is 5.75 Å². The third kappa shape index (κ3) is 1.18. The fraction of sp³-hybridized carbons (Fsp3) is 0.0833. The van der Waals surface area contributed by atoms with Crippen LogP contribution >= 0.6 is 11.6 Å². The summed E-state index contributed by atoms with van der Waals surface area (Å²) in [4.78, 5) is 4.36. The Labute approximate surface area is 97.2 Å². The molecule has 0 aliphatic rings. The topological polar surface area (TPSA) is 26.5 Å². The monoisotopic (exact) mass is 232 g/mol. The van der Waals surface area contributed by atoms with E-state index in [4.69, 9.17) is 16.3 Å². The first-order valence-electron chi connectivity index (χ1n) is 4.89. The van der Waals surface area contributed by atoms with Gasteiger partial charge in [0.05, 0.1) is 23.8 Å². The fourth-order valence-corrected chi connectivity index (χ4v) is 2.11. The van der Waals surface area contributed by atoms with E-state index >= 15 is 0 Å². The minimum atomic E-state index is 0.659. The number of para-hydroxylation sites is 1. The first-order chi connectivity index (χ1) is 7.81. The van der Waals surface area contributed by atoms with Crippen LogP contribution in [0.5, 0.6) is 5.75 Å². The van der Waals surface area contributed by atoms with Crippen LogP contribution in [0.4, 0.5) is 0 Å². The summed E-state index contributed by atoms with van der Waals surface area (Å²) in [6.45, 7) is 0. The molecule has 16 heavy (non-hydrogen) atoms. The second-order valence-corrected chi connectivity index (χ2v) is 3.91. The number of hydrogen-bond donors (Lipinski definition) is 0. The summed E-state index contributed by atoms with van der Waals surface area (Å²) in [5, 5.41) is 0.659. The van der Waals surface area contributed by atoms with E-state index in [1.165, 1.54) is 0 Å². The van der Waals surface area contributed by atoms with E-state index in [1.54, 1.807) is 13.3 Å². The number of hydrogen-bond acceptors (Lipinski definition) is 2. The summed E-state index contributed by atoms with van der Waals surface area (Å²) >= 11 is 6.09. The van der Waals surface area contributed by atoms with Gasteiger partial charge in [-0.25, -0.2) is 0 Å². The number of nitrogens with zero attached hydrogens (tertiary/aromatic N) is 2. The number of rotatable bonds is 1. The number of benzene rings is 1. The fourth-order valence-electron chi connectivity index (χ4n) is 1.89.